The van der Waals surface area contributed by atoms with Crippen molar-refractivity contribution in [2.24, 2.45) is 0 Å². The van der Waals surface area contributed by atoms with Crippen LogP contribution in [0.4, 0.5) is 4.39 Å². The number of aliphatic hydroxyl groups excluding tert-OH is 1. The van der Waals surface area contributed by atoms with Gasteiger partial charge in [0.2, 0.25) is 65.0 Å². The van der Waals surface area contributed by atoms with Gasteiger partial charge in [-0.15, -0.1) is 0 Å². The molecule has 2 saturated heterocycles. The van der Waals surface area contributed by atoms with Crippen LogP contribution in [-0.4, -0.2) is 190 Å². The molecule has 4 aromatic carbocycles. The molecule has 6 aliphatic heterocycles. The van der Waals surface area contributed by atoms with Gasteiger partial charge in [-0.2, -0.15) is 0 Å². The number of aliphatic hydroxyl groups is 1. The highest BCUT2D eigenvalue weighted by atomic mass is 19.1. The summed E-state index contributed by atoms with van der Waals surface area (Å²) >= 11 is 0. The summed E-state index contributed by atoms with van der Waals surface area (Å²) in [6, 6.07) is 17.0. The molecule has 7 heterocycles. The second kappa shape index (κ2) is 33.2. The van der Waals surface area contributed by atoms with Crippen LogP contribution in [0.1, 0.15) is 106 Å². The highest BCUT2D eigenvalue weighted by molar-refractivity contribution is 5.98. The highest BCUT2D eigenvalue weighted by Crippen LogP contribution is 2.32. The molecule has 0 unspecified atom stereocenters. The molecule has 6 aliphatic rings. The standard InChI is InChI=1S/C73H89FN12O14/c1-44-67(93)77-40-63(90)79-55-35-49-11-9-12-50(33-49)39-76-64(91)43-100-60-26-32-85-59(60)38-62(89)82-66(45(2)87)69(95)81-56(34-47-17-20-53(99-4)21-18-47)71(97)86-31-10-27-73(86,3)72(98)75-28-25-46-13-15-48(16-14-46)41-84(65(92)24-23-61(88)78-44)30-8-6-5-7-29-83-42-51(36-57(70(85)96)80-68(55)94)54-37-52(74)19-22-58(54)83/h5,7,9,11-22,33,37,42,44-45,55-57,59-60,66,87H,6,8,10,23-32,34-36,38-41,43H2,1-4H3,(H,75,98)(H,76,91)(H,77,93)(H,78,88)(H,79,90)(H,80,94)(H,81,95)(H,82,89)/b7-5+/t44-,45+,55-,56-,57-,59+,60-,66-,73-/m0/s1. The van der Waals surface area contributed by atoms with Gasteiger partial charge in [-0.1, -0.05) is 72.8 Å². The average Bonchev–Trinajstić information content (AvgIpc) is 1.64. The van der Waals surface area contributed by atoms with Gasteiger partial charge in [-0.3, -0.25) is 52.7 Å². The largest absolute Gasteiger partial charge is 0.497 e. The normalized spacial score (nSPS) is 25.9. The monoisotopic (exact) mass is 1380 g/mol. The van der Waals surface area contributed by atoms with Crippen LogP contribution in [0.25, 0.3) is 10.9 Å². The smallest absolute Gasteiger partial charge is 0.246 e. The van der Waals surface area contributed by atoms with Crippen molar-refractivity contribution in [2.75, 3.05) is 46.4 Å². The van der Waals surface area contributed by atoms with Crippen molar-refractivity contribution < 1.29 is 71.7 Å². The first-order chi connectivity index (χ1) is 48.0. The molecular weight excluding hydrogens is 1290 g/mol. The zero-order valence-electron chi connectivity index (χ0n) is 56.8. The predicted octanol–water partition coefficient (Wildman–Crippen LogP) is 1.98. The molecule has 0 radical (unpaired) electrons. The number of ether oxygens (including phenoxy) is 2. The van der Waals surface area contributed by atoms with Crippen LogP contribution >= 0.6 is 0 Å². The number of benzene rings is 4. The zero-order valence-corrected chi connectivity index (χ0v) is 56.8. The lowest BCUT2D eigenvalue weighted by Crippen LogP contribution is -2.62. The number of hydrogen-bond acceptors (Lipinski definition) is 14. The molecule has 11 rings (SSSR count). The first-order valence-corrected chi connectivity index (χ1v) is 34.2. The number of aromatic nitrogens is 1. The van der Waals surface area contributed by atoms with Crippen molar-refractivity contribution in [1.82, 2.24) is 61.8 Å². The Morgan fingerprint density at radius 1 is 0.680 bits per heavy atom. The average molecular weight is 1380 g/mol. The van der Waals surface area contributed by atoms with E-state index in [9.17, 15) is 43.5 Å². The molecule has 27 heteroatoms. The molecule has 5 aromatic rings. The van der Waals surface area contributed by atoms with E-state index in [1.54, 1.807) is 72.6 Å². The molecule has 9 N–H and O–H groups in total. The van der Waals surface area contributed by atoms with Crippen LogP contribution in [0.15, 0.2) is 109 Å². The third-order valence-electron chi connectivity index (χ3n) is 19.3. The Hall–Kier alpha value is -10.0. The Morgan fingerprint density at radius 2 is 1.45 bits per heavy atom. The van der Waals surface area contributed by atoms with Gasteiger partial charge < -0.3 is 76.4 Å². The van der Waals surface area contributed by atoms with E-state index in [0.717, 1.165) is 11.1 Å². The lowest BCUT2D eigenvalue weighted by atomic mass is 9.95. The van der Waals surface area contributed by atoms with Crippen LogP contribution in [0.2, 0.25) is 0 Å². The summed E-state index contributed by atoms with van der Waals surface area (Å²) in [5, 5.41) is 33.9. The minimum absolute atomic E-state index is 0.00116. The first kappa shape index (κ1) is 72.7. The maximum atomic E-state index is 15.9. The molecule has 1 aromatic heterocycles. The van der Waals surface area contributed by atoms with Gasteiger partial charge in [0.25, 0.3) is 0 Å². The van der Waals surface area contributed by atoms with Crippen molar-refractivity contribution in [3.63, 3.8) is 0 Å². The third kappa shape index (κ3) is 18.4. The maximum absolute atomic E-state index is 15.9. The van der Waals surface area contributed by atoms with E-state index in [2.05, 4.69) is 42.5 Å². The Bertz CT molecular complexity index is 3900. The Morgan fingerprint density at radius 3 is 2.22 bits per heavy atom. The molecule has 2 fully saturated rings. The van der Waals surface area contributed by atoms with E-state index in [1.165, 1.54) is 42.9 Å². The summed E-state index contributed by atoms with van der Waals surface area (Å²) in [4.78, 5) is 164. The van der Waals surface area contributed by atoms with Gasteiger partial charge in [0, 0.05) is 101 Å². The molecule has 0 spiro atoms. The first-order valence-electron chi connectivity index (χ1n) is 34.2. The summed E-state index contributed by atoms with van der Waals surface area (Å²) in [7, 11) is 1.50. The van der Waals surface area contributed by atoms with E-state index < -0.39 is 138 Å². The quantitative estimate of drug-likeness (QED) is 0.116. The van der Waals surface area contributed by atoms with Crippen molar-refractivity contribution in [3.05, 3.63) is 149 Å². The van der Waals surface area contributed by atoms with E-state index in [4.69, 9.17) is 9.47 Å². The third-order valence-corrected chi connectivity index (χ3v) is 19.3. The molecule has 12 bridgehead atoms. The van der Waals surface area contributed by atoms with Crippen LogP contribution in [-0.2, 0) is 103 Å². The molecular formula is C73H89FN12O14. The Kier molecular flexibility index (Phi) is 24.2. The minimum atomic E-state index is -1.72. The zero-order chi connectivity index (χ0) is 71.2. The van der Waals surface area contributed by atoms with Crippen molar-refractivity contribution in [3.8, 4) is 5.75 Å². The maximum Gasteiger partial charge on any atom is 0.246 e. The predicted molar refractivity (Wildman–Crippen MR) is 364 cm³/mol. The molecule has 532 valence electrons. The number of nitrogens with one attached hydrogen (secondary N) is 8. The van der Waals surface area contributed by atoms with Crippen LogP contribution < -0.4 is 47.3 Å². The summed E-state index contributed by atoms with van der Waals surface area (Å²) in [6.07, 6.45) is 3.62. The van der Waals surface area contributed by atoms with Crippen molar-refractivity contribution in [1.29, 1.82) is 0 Å². The van der Waals surface area contributed by atoms with E-state index in [-0.39, 0.29) is 83.7 Å². The molecule has 0 aliphatic carbocycles. The second-order valence-corrected chi connectivity index (χ2v) is 26.6. The number of amides is 11. The van der Waals surface area contributed by atoms with Crippen LogP contribution in [0.5, 0.6) is 5.75 Å². The summed E-state index contributed by atoms with van der Waals surface area (Å²) in [5.41, 5.74) is 3.02. The number of fused-ring (bicyclic) bond motifs is 17. The van der Waals surface area contributed by atoms with E-state index in [1.807, 2.05) is 41.0 Å². The number of carbonyl (C=O) groups excluding carboxylic acids is 11. The van der Waals surface area contributed by atoms with Crippen molar-refractivity contribution in [2.45, 2.75) is 171 Å². The molecule has 100 heavy (non-hydrogen) atoms. The SMILES string of the molecule is COc1ccc(C[C@@H]2NC(=O)[C@H]([C@@H](C)O)NC(=O)C[C@@H]3[C@@H]4CCN3C(=O)[C@@H]3Cc5cn(c6ccc(F)cc56)C/C=C/CCCN(Cc5ccc(cc5)CCNC(=O)[C@]5(C)CCCN5C2=O)C(=O)CCC(=O)N[C@@H](C)C(=O)NCC(=O)N[C@@H](Cc2cccc(c2)CNC(=O)CO4)C(=O)N3)cc1. The number of carbonyl (C=O) groups is 11. The van der Waals surface area contributed by atoms with E-state index >= 15 is 18.8 Å². The lowest BCUT2D eigenvalue weighted by molar-refractivity contribution is -0.147. The number of methoxy groups -OCH3 is 1. The fourth-order valence-electron chi connectivity index (χ4n) is 13.7. The molecule has 11 amide bonds. The van der Waals surface area contributed by atoms with Crippen molar-refractivity contribution >= 4 is 75.9 Å². The lowest BCUT2D eigenvalue weighted by Gasteiger charge is -2.37. The molecule has 26 nitrogen and oxygen atoms in total. The van der Waals surface area contributed by atoms with Gasteiger partial charge in [-0.25, -0.2) is 4.39 Å². The van der Waals surface area contributed by atoms with Gasteiger partial charge in [0.15, 0.2) is 0 Å². The van der Waals surface area contributed by atoms with Gasteiger partial charge in [0.05, 0.1) is 31.9 Å². The van der Waals surface area contributed by atoms with Gasteiger partial charge in [-0.05, 0) is 123 Å². The van der Waals surface area contributed by atoms with Gasteiger partial charge in [0.1, 0.15) is 53.9 Å². The second-order valence-electron chi connectivity index (χ2n) is 26.6. The highest BCUT2D eigenvalue weighted by Gasteiger charge is 2.48. The fourth-order valence-corrected chi connectivity index (χ4v) is 13.7. The number of rotatable bonds is 4. The topological polar surface area (TPSA) is 337 Å². The number of halogens is 1. The summed E-state index contributed by atoms with van der Waals surface area (Å²) in [6.45, 7) is 4.18. The van der Waals surface area contributed by atoms with Crippen LogP contribution in [0, 0.1) is 5.82 Å². The minimum Gasteiger partial charge on any atom is -0.497 e. The molecule has 0 saturated carbocycles. The Labute approximate surface area is 579 Å². The number of nitrogens with zero attached hydrogens (tertiary/aromatic N) is 4. The van der Waals surface area contributed by atoms with Gasteiger partial charge >= 0.3 is 0 Å². The summed E-state index contributed by atoms with van der Waals surface area (Å²) < 4.78 is 29.1. The van der Waals surface area contributed by atoms with E-state index in [0.29, 0.717) is 77.6 Å². The Balaban J connectivity index is 1.05. The number of allylic oxidation sites excluding steroid dienone is 2. The summed E-state index contributed by atoms with van der Waals surface area (Å²) in [5.74, 6) is -7.54. The van der Waals surface area contributed by atoms with Crippen LogP contribution in [0.3, 0.4) is 0 Å². The fraction of sp³-hybridized carbons (Fsp3) is 0.466. The molecule has 9 atom stereocenters. The number of hydrogen-bond donors (Lipinski definition) is 9.